The third-order valence-electron chi connectivity index (χ3n) is 3.90. The van der Waals surface area contributed by atoms with Crippen LogP contribution in [0.5, 0.6) is 0 Å². The van der Waals surface area contributed by atoms with Crippen molar-refractivity contribution in [2.24, 2.45) is 7.05 Å². The number of anilines is 2. The number of hydrogen-bond acceptors (Lipinski definition) is 4. The number of carbonyl (C=O) groups is 1. The predicted molar refractivity (Wildman–Crippen MR) is 89.9 cm³/mol. The van der Waals surface area contributed by atoms with Crippen LogP contribution in [-0.2, 0) is 29.5 Å². The largest absolute Gasteiger partial charge is 0.379 e. The summed E-state index contributed by atoms with van der Waals surface area (Å²) in [5, 5.41) is 8.35. The zero-order chi connectivity index (χ0) is 16.4. The summed E-state index contributed by atoms with van der Waals surface area (Å²) in [5.74, 6) is -0.0174. The molecule has 2 heterocycles. The van der Waals surface area contributed by atoms with Gasteiger partial charge in [0.25, 0.3) is 5.91 Å². The highest BCUT2D eigenvalue weighted by Gasteiger charge is 2.26. The number of aromatic nitrogens is 2. The molecule has 6 nitrogen and oxygen atoms in total. The smallest absolute Gasteiger partial charge is 0.252 e. The van der Waals surface area contributed by atoms with Gasteiger partial charge in [-0.15, -0.1) is 0 Å². The quantitative estimate of drug-likeness (QED) is 0.911. The number of benzene rings is 1. The number of halogens is 1. The standard InChI is InChI=1S/C16H19ClN4O2/c1-20-9-12(17)14(19-20)8-18-13-4-3-5-15-11(13)6-7-21(15)16(22)10-23-2/h3-5,9,18H,6-8,10H2,1-2H3. The highest BCUT2D eigenvalue weighted by atomic mass is 35.5. The van der Waals surface area contributed by atoms with Crippen LogP contribution in [0.15, 0.2) is 24.4 Å². The van der Waals surface area contributed by atoms with E-state index in [1.54, 1.807) is 15.8 Å². The lowest BCUT2D eigenvalue weighted by molar-refractivity contribution is -0.122. The molecule has 122 valence electrons. The van der Waals surface area contributed by atoms with Crippen molar-refractivity contribution in [3.05, 3.63) is 40.7 Å². The van der Waals surface area contributed by atoms with Gasteiger partial charge in [0.1, 0.15) is 12.3 Å². The number of methoxy groups -OCH3 is 1. The molecule has 0 saturated heterocycles. The first-order chi connectivity index (χ1) is 11.1. The van der Waals surface area contributed by atoms with Crippen molar-refractivity contribution < 1.29 is 9.53 Å². The number of hydrogen-bond donors (Lipinski definition) is 1. The van der Waals surface area contributed by atoms with Gasteiger partial charge >= 0.3 is 0 Å². The normalized spacial score (nSPS) is 13.3. The van der Waals surface area contributed by atoms with Gasteiger partial charge in [-0.1, -0.05) is 17.7 Å². The summed E-state index contributed by atoms with van der Waals surface area (Å²) < 4.78 is 6.64. The van der Waals surface area contributed by atoms with Crippen molar-refractivity contribution in [3.63, 3.8) is 0 Å². The van der Waals surface area contributed by atoms with E-state index in [0.717, 1.165) is 29.1 Å². The fourth-order valence-corrected chi connectivity index (χ4v) is 3.11. The van der Waals surface area contributed by atoms with Gasteiger partial charge in [-0.3, -0.25) is 9.48 Å². The van der Waals surface area contributed by atoms with Crippen molar-refractivity contribution in [2.45, 2.75) is 13.0 Å². The van der Waals surface area contributed by atoms with Gasteiger partial charge in [-0.25, -0.2) is 0 Å². The third kappa shape index (κ3) is 3.18. The van der Waals surface area contributed by atoms with Crippen LogP contribution in [0.4, 0.5) is 11.4 Å². The van der Waals surface area contributed by atoms with Crippen LogP contribution in [0, 0.1) is 0 Å². The molecule has 1 aromatic heterocycles. The van der Waals surface area contributed by atoms with Gasteiger partial charge in [0.05, 0.1) is 11.6 Å². The van der Waals surface area contributed by atoms with Crippen LogP contribution in [0.2, 0.25) is 5.02 Å². The molecule has 0 spiro atoms. The molecule has 1 amide bonds. The van der Waals surface area contributed by atoms with Crippen LogP contribution in [-0.4, -0.2) is 35.9 Å². The molecule has 3 rings (SSSR count). The second kappa shape index (κ2) is 6.60. The lowest BCUT2D eigenvalue weighted by atomic mass is 10.1. The summed E-state index contributed by atoms with van der Waals surface area (Å²) >= 11 is 6.14. The Morgan fingerprint density at radius 3 is 3.00 bits per heavy atom. The molecule has 23 heavy (non-hydrogen) atoms. The topological polar surface area (TPSA) is 59.4 Å². The van der Waals surface area contributed by atoms with Gasteiger partial charge in [-0.2, -0.15) is 5.10 Å². The second-order valence-corrected chi connectivity index (χ2v) is 5.89. The van der Waals surface area contributed by atoms with E-state index >= 15 is 0 Å². The maximum atomic E-state index is 12.1. The lowest BCUT2D eigenvalue weighted by Gasteiger charge is -2.17. The van der Waals surface area contributed by atoms with E-state index in [0.29, 0.717) is 18.1 Å². The summed E-state index contributed by atoms with van der Waals surface area (Å²) in [7, 11) is 3.37. The average Bonchev–Trinajstić information content (AvgIpc) is 3.08. The van der Waals surface area contributed by atoms with Crippen LogP contribution in [0.3, 0.4) is 0 Å². The van der Waals surface area contributed by atoms with Gasteiger partial charge in [0, 0.05) is 43.8 Å². The van der Waals surface area contributed by atoms with E-state index in [4.69, 9.17) is 16.3 Å². The highest BCUT2D eigenvalue weighted by Crippen LogP contribution is 2.34. The SMILES string of the molecule is COCC(=O)N1CCc2c(NCc3nn(C)cc3Cl)cccc21. The molecular formula is C16H19ClN4O2. The number of rotatable bonds is 5. The van der Waals surface area contributed by atoms with Crippen LogP contribution >= 0.6 is 11.6 Å². The first kappa shape index (κ1) is 15.8. The number of amides is 1. The number of carbonyl (C=O) groups excluding carboxylic acids is 1. The highest BCUT2D eigenvalue weighted by molar-refractivity contribution is 6.31. The summed E-state index contributed by atoms with van der Waals surface area (Å²) in [6, 6.07) is 5.92. The Morgan fingerprint density at radius 2 is 2.30 bits per heavy atom. The third-order valence-corrected chi connectivity index (χ3v) is 4.21. The molecule has 0 atom stereocenters. The number of nitrogens with zero attached hydrogens (tertiary/aromatic N) is 3. The molecule has 7 heteroatoms. The Bertz CT molecular complexity index is 729. The Morgan fingerprint density at radius 1 is 1.48 bits per heavy atom. The Balaban J connectivity index is 1.77. The molecule has 0 unspecified atom stereocenters. The summed E-state index contributed by atoms with van der Waals surface area (Å²) in [6.45, 7) is 1.32. The van der Waals surface area contributed by atoms with E-state index in [-0.39, 0.29) is 12.5 Å². The van der Waals surface area contributed by atoms with E-state index in [1.807, 2.05) is 25.2 Å². The fourth-order valence-electron chi connectivity index (χ4n) is 2.86. The van der Waals surface area contributed by atoms with E-state index < -0.39 is 0 Å². The Hall–Kier alpha value is -2.05. The minimum absolute atomic E-state index is 0.0174. The molecule has 1 N–H and O–H groups in total. The maximum Gasteiger partial charge on any atom is 0.252 e. The lowest BCUT2D eigenvalue weighted by Crippen LogP contribution is -2.31. The minimum Gasteiger partial charge on any atom is -0.379 e. The fraction of sp³-hybridized carbons (Fsp3) is 0.375. The summed E-state index contributed by atoms with van der Waals surface area (Å²) in [5.41, 5.74) is 3.90. The monoisotopic (exact) mass is 334 g/mol. The van der Waals surface area contributed by atoms with Gasteiger partial charge < -0.3 is 15.0 Å². The zero-order valence-electron chi connectivity index (χ0n) is 13.2. The molecular weight excluding hydrogens is 316 g/mol. The van der Waals surface area contributed by atoms with Gasteiger partial charge in [0.15, 0.2) is 0 Å². The van der Waals surface area contributed by atoms with Crippen molar-refractivity contribution in [1.29, 1.82) is 0 Å². The van der Waals surface area contributed by atoms with E-state index in [1.165, 1.54) is 7.11 Å². The molecule has 0 bridgehead atoms. The van der Waals surface area contributed by atoms with Crippen molar-refractivity contribution in [2.75, 3.05) is 30.5 Å². The number of aryl methyl sites for hydroxylation is 1. The van der Waals surface area contributed by atoms with Gasteiger partial charge in [0.2, 0.25) is 0 Å². The van der Waals surface area contributed by atoms with Crippen molar-refractivity contribution in [1.82, 2.24) is 9.78 Å². The molecule has 0 saturated carbocycles. The molecule has 0 radical (unpaired) electrons. The first-order valence-electron chi connectivity index (χ1n) is 7.43. The van der Waals surface area contributed by atoms with Gasteiger partial charge in [-0.05, 0) is 18.6 Å². The van der Waals surface area contributed by atoms with Crippen molar-refractivity contribution >= 4 is 28.9 Å². The molecule has 2 aromatic rings. The molecule has 0 aliphatic carbocycles. The summed E-state index contributed by atoms with van der Waals surface area (Å²) in [4.78, 5) is 13.9. The number of ether oxygens (including phenoxy) is 1. The second-order valence-electron chi connectivity index (χ2n) is 5.48. The first-order valence-corrected chi connectivity index (χ1v) is 7.81. The van der Waals surface area contributed by atoms with Crippen LogP contribution in [0.1, 0.15) is 11.3 Å². The molecule has 0 fully saturated rings. The predicted octanol–water partition coefficient (Wildman–Crippen LogP) is 2.22. The average molecular weight is 335 g/mol. The van der Waals surface area contributed by atoms with Crippen LogP contribution < -0.4 is 10.2 Å². The summed E-state index contributed by atoms with van der Waals surface area (Å²) in [6.07, 6.45) is 2.60. The molecule has 1 aliphatic heterocycles. The minimum atomic E-state index is -0.0174. The molecule has 1 aliphatic rings. The Kier molecular flexibility index (Phi) is 4.54. The van der Waals surface area contributed by atoms with E-state index in [9.17, 15) is 4.79 Å². The number of nitrogens with one attached hydrogen (secondary N) is 1. The number of fused-ring (bicyclic) bond motifs is 1. The van der Waals surface area contributed by atoms with E-state index in [2.05, 4.69) is 10.4 Å². The molecule has 1 aromatic carbocycles. The Labute approximate surface area is 140 Å². The van der Waals surface area contributed by atoms with Crippen molar-refractivity contribution in [3.8, 4) is 0 Å². The maximum absolute atomic E-state index is 12.1. The van der Waals surface area contributed by atoms with Crippen LogP contribution in [0.25, 0.3) is 0 Å². The zero-order valence-corrected chi connectivity index (χ0v) is 13.9.